The maximum absolute atomic E-state index is 12.9. The molecule has 0 spiro atoms. The predicted octanol–water partition coefficient (Wildman–Crippen LogP) is 1.55. The Bertz CT molecular complexity index is 1140. The normalized spacial score (nSPS) is 20.7. The Kier molecular flexibility index (Phi) is 8.37. The standard InChI is InChI=1S/C20H24BrN3O.C4H6O6/c1-4-24(5-2)20(25)12-9-14-13-7-6-8-16-18(13)15(19(21)22-16)10-17(14)23(3)11-12;5-1(3(7)8)2(6)4(9)10/h6-9,12,17,22H,4-5,10-11H2,1-3H3;1-2,5-6H,(H,7,8)(H,9,10)/t12-,17-;/m1./s1. The van der Waals surface area contributed by atoms with E-state index in [0.717, 1.165) is 30.7 Å². The van der Waals surface area contributed by atoms with Gasteiger partial charge in [-0.1, -0.05) is 18.2 Å². The number of aromatic amines is 1. The molecule has 1 aliphatic carbocycles. The number of fused-ring (bicyclic) bond motifs is 2. The van der Waals surface area contributed by atoms with E-state index in [1.807, 2.05) is 4.90 Å². The number of hydrogen-bond donors (Lipinski definition) is 5. The molecule has 10 nitrogen and oxygen atoms in total. The molecule has 2 aromatic rings. The zero-order chi connectivity index (χ0) is 26.0. The first kappa shape index (κ1) is 26.9. The van der Waals surface area contributed by atoms with Gasteiger partial charge >= 0.3 is 11.9 Å². The Morgan fingerprint density at radius 3 is 2.29 bits per heavy atom. The third-order valence-corrected chi connectivity index (χ3v) is 7.21. The van der Waals surface area contributed by atoms with Crippen LogP contribution in [0.5, 0.6) is 0 Å². The number of aliphatic hydroxyl groups is 2. The first-order valence-electron chi connectivity index (χ1n) is 11.3. The van der Waals surface area contributed by atoms with Gasteiger partial charge in [-0.3, -0.25) is 9.69 Å². The van der Waals surface area contributed by atoms with E-state index in [0.29, 0.717) is 6.04 Å². The van der Waals surface area contributed by atoms with Crippen molar-refractivity contribution in [3.8, 4) is 0 Å². The highest BCUT2D eigenvalue weighted by atomic mass is 79.9. The summed E-state index contributed by atoms with van der Waals surface area (Å²) in [4.78, 5) is 40.2. The van der Waals surface area contributed by atoms with Crippen LogP contribution in [0.3, 0.4) is 0 Å². The summed E-state index contributed by atoms with van der Waals surface area (Å²) in [6.07, 6.45) is -1.31. The van der Waals surface area contributed by atoms with Gasteiger partial charge in [0, 0.05) is 36.6 Å². The maximum atomic E-state index is 12.9. The van der Waals surface area contributed by atoms with Crippen LogP contribution in [0.25, 0.3) is 16.5 Å². The summed E-state index contributed by atoms with van der Waals surface area (Å²) in [7, 11) is 2.14. The lowest BCUT2D eigenvalue weighted by molar-refractivity contribution is -0.165. The van der Waals surface area contributed by atoms with Gasteiger partial charge in [0.15, 0.2) is 12.2 Å². The van der Waals surface area contributed by atoms with Crippen molar-refractivity contribution < 1.29 is 34.8 Å². The number of aliphatic carboxylic acids is 2. The smallest absolute Gasteiger partial charge is 0.335 e. The van der Waals surface area contributed by atoms with Crippen molar-refractivity contribution in [2.24, 2.45) is 5.92 Å². The van der Waals surface area contributed by atoms with E-state index in [9.17, 15) is 14.4 Å². The SMILES string of the molecule is CCN(CC)C(=O)[C@@H]1C=C2c3cccc4[nH]c(Br)c(c34)C[C@H]2N(C)C1.O=C(O)C(O)C(O)C(=O)O. The van der Waals surface area contributed by atoms with Gasteiger partial charge in [0.2, 0.25) is 5.91 Å². The van der Waals surface area contributed by atoms with Crippen LogP contribution >= 0.6 is 15.9 Å². The van der Waals surface area contributed by atoms with Crippen LogP contribution in [0, 0.1) is 5.92 Å². The van der Waals surface area contributed by atoms with Gasteiger partial charge in [-0.15, -0.1) is 0 Å². The number of hydrogen-bond acceptors (Lipinski definition) is 6. The topological polar surface area (TPSA) is 154 Å². The number of carboxylic acids is 2. The van der Waals surface area contributed by atoms with Gasteiger partial charge < -0.3 is 30.3 Å². The Morgan fingerprint density at radius 2 is 1.74 bits per heavy atom. The number of carbonyl (C=O) groups excluding carboxylic acids is 1. The molecule has 190 valence electrons. The number of nitrogens with one attached hydrogen (secondary N) is 1. The molecule has 0 bridgehead atoms. The number of H-pyrrole nitrogens is 1. The van der Waals surface area contributed by atoms with Gasteiger partial charge in [0.05, 0.1) is 10.5 Å². The fourth-order valence-corrected chi connectivity index (χ4v) is 5.26. The van der Waals surface area contributed by atoms with Crippen LogP contribution in [0.1, 0.15) is 25.0 Å². The van der Waals surface area contributed by atoms with Crippen molar-refractivity contribution in [1.82, 2.24) is 14.8 Å². The number of benzene rings is 1. The van der Waals surface area contributed by atoms with Crippen LogP contribution < -0.4 is 0 Å². The third-order valence-electron chi connectivity index (χ3n) is 6.54. The summed E-state index contributed by atoms with van der Waals surface area (Å²) < 4.78 is 1.09. The van der Waals surface area contributed by atoms with Gasteiger partial charge in [-0.2, -0.15) is 0 Å². The molecule has 2 heterocycles. The molecule has 2 aliphatic rings. The number of nitrogens with zero attached hydrogens (tertiary/aromatic N) is 2. The number of carbonyl (C=O) groups is 3. The summed E-state index contributed by atoms with van der Waals surface area (Å²) in [6.45, 7) is 6.43. The van der Waals surface area contributed by atoms with Gasteiger partial charge in [0.25, 0.3) is 0 Å². The van der Waals surface area contributed by atoms with Gasteiger partial charge in [-0.05, 0) is 66.0 Å². The number of likely N-dealkylation sites (N-methyl/N-ethyl adjacent to an activating group) is 1. The van der Waals surface area contributed by atoms with E-state index in [1.54, 1.807) is 0 Å². The van der Waals surface area contributed by atoms with Crippen LogP contribution in [0.4, 0.5) is 0 Å². The van der Waals surface area contributed by atoms with Crippen LogP contribution in [0.15, 0.2) is 28.9 Å². The lowest BCUT2D eigenvalue weighted by Gasteiger charge is -2.40. The van der Waals surface area contributed by atoms with E-state index in [1.165, 1.54) is 27.6 Å². The minimum atomic E-state index is -2.27. The lowest BCUT2D eigenvalue weighted by atomic mass is 9.79. The van der Waals surface area contributed by atoms with Crippen molar-refractivity contribution in [3.63, 3.8) is 0 Å². The van der Waals surface area contributed by atoms with Gasteiger partial charge in [-0.25, -0.2) is 9.59 Å². The number of aromatic nitrogens is 1. The average molecular weight is 552 g/mol. The van der Waals surface area contributed by atoms with E-state index < -0.39 is 24.1 Å². The molecular weight excluding hydrogens is 522 g/mol. The van der Waals surface area contributed by atoms with Crippen LogP contribution in [0.2, 0.25) is 0 Å². The van der Waals surface area contributed by atoms with Crippen molar-refractivity contribution in [2.45, 2.75) is 38.5 Å². The Labute approximate surface area is 211 Å². The molecule has 1 aromatic heterocycles. The Balaban J connectivity index is 0.000000292. The second-order valence-electron chi connectivity index (χ2n) is 8.61. The summed E-state index contributed by atoms with van der Waals surface area (Å²) in [5.41, 5.74) is 5.10. The van der Waals surface area contributed by atoms with E-state index in [2.05, 4.69) is 71.0 Å². The number of rotatable bonds is 6. The highest BCUT2D eigenvalue weighted by molar-refractivity contribution is 9.10. The first-order chi connectivity index (χ1) is 16.5. The molecule has 1 aromatic carbocycles. The molecule has 35 heavy (non-hydrogen) atoms. The summed E-state index contributed by atoms with van der Waals surface area (Å²) in [6, 6.07) is 6.76. The average Bonchev–Trinajstić information content (AvgIpc) is 3.15. The summed E-state index contributed by atoms with van der Waals surface area (Å²) in [5, 5.41) is 33.8. The minimum Gasteiger partial charge on any atom is -0.479 e. The summed E-state index contributed by atoms with van der Waals surface area (Å²) >= 11 is 3.69. The molecule has 0 saturated heterocycles. The second-order valence-corrected chi connectivity index (χ2v) is 9.40. The molecule has 2 unspecified atom stereocenters. The van der Waals surface area contributed by atoms with Crippen LogP contribution in [-0.4, -0.2) is 98.0 Å². The molecule has 0 fully saturated rings. The van der Waals surface area contributed by atoms with Gasteiger partial charge in [0.1, 0.15) is 0 Å². The van der Waals surface area contributed by atoms with Crippen molar-refractivity contribution >= 4 is 50.3 Å². The molecule has 4 atom stereocenters. The zero-order valence-corrected chi connectivity index (χ0v) is 21.3. The monoisotopic (exact) mass is 551 g/mol. The maximum Gasteiger partial charge on any atom is 0.335 e. The number of carboxylic acid groups (broad SMARTS) is 2. The molecule has 0 radical (unpaired) electrons. The third kappa shape index (κ3) is 5.27. The molecule has 11 heteroatoms. The number of aliphatic hydroxyl groups excluding tert-OH is 2. The zero-order valence-electron chi connectivity index (χ0n) is 19.7. The largest absolute Gasteiger partial charge is 0.479 e. The molecule has 0 saturated carbocycles. The van der Waals surface area contributed by atoms with Crippen LogP contribution in [-0.2, 0) is 20.8 Å². The Hall–Kier alpha value is -2.73. The highest BCUT2D eigenvalue weighted by Crippen LogP contribution is 2.43. The van der Waals surface area contributed by atoms with E-state index >= 15 is 0 Å². The molecule has 1 aliphatic heterocycles. The molecular formula is C24H30BrN3O7. The van der Waals surface area contributed by atoms with E-state index in [4.69, 9.17) is 20.4 Å². The first-order valence-corrected chi connectivity index (χ1v) is 12.1. The fraction of sp³-hybridized carbons (Fsp3) is 0.458. The van der Waals surface area contributed by atoms with Crippen molar-refractivity contribution in [3.05, 3.63) is 40.0 Å². The minimum absolute atomic E-state index is 0.0599. The lowest BCUT2D eigenvalue weighted by Crippen LogP contribution is -2.47. The number of amides is 1. The molecule has 5 N–H and O–H groups in total. The second kappa shape index (κ2) is 10.9. The van der Waals surface area contributed by atoms with Crippen molar-refractivity contribution in [2.75, 3.05) is 26.7 Å². The molecule has 4 rings (SSSR count). The van der Waals surface area contributed by atoms with Crippen molar-refractivity contribution in [1.29, 1.82) is 0 Å². The number of halogens is 1. The molecule has 1 amide bonds. The van der Waals surface area contributed by atoms with E-state index in [-0.39, 0.29) is 11.8 Å². The fourth-order valence-electron chi connectivity index (χ4n) is 4.69. The Morgan fingerprint density at radius 1 is 1.14 bits per heavy atom. The highest BCUT2D eigenvalue weighted by Gasteiger charge is 2.37. The summed E-state index contributed by atoms with van der Waals surface area (Å²) in [5.74, 6) is -3.35. The predicted molar refractivity (Wildman–Crippen MR) is 133 cm³/mol. The quantitative estimate of drug-likeness (QED) is 0.362.